The van der Waals surface area contributed by atoms with E-state index in [0.717, 1.165) is 0 Å². The number of benzene rings is 14. The Labute approximate surface area is 479 Å². The third-order valence-corrected chi connectivity index (χ3v) is 19.0. The fourth-order valence-electron chi connectivity index (χ4n) is 15.3. The molecule has 0 bridgehead atoms. The van der Waals surface area contributed by atoms with Gasteiger partial charge in [0.2, 0.25) is 0 Å². The molecule has 0 saturated carbocycles. The van der Waals surface area contributed by atoms with Gasteiger partial charge in [-0.2, -0.15) is 0 Å². The molecule has 0 aromatic heterocycles. The summed E-state index contributed by atoms with van der Waals surface area (Å²) < 4.78 is 0. The summed E-state index contributed by atoms with van der Waals surface area (Å²) in [6.45, 7) is 9.68. The molecule has 16 rings (SSSR count). The SMILES string of the molecule is CN1c2ccccc2C(C)(C)c2c(-c3cccc4c(-c5c6cccc(-c7cccc8ccccc78)c6cc6c(-c7cccc8ccccc78)cccc56)c5cccc(-c6cccc7c6C(C)(C)c6ccccc6N7C)c5cc34)cccc21. The van der Waals surface area contributed by atoms with Gasteiger partial charge >= 0.3 is 0 Å². The first-order valence-electron chi connectivity index (χ1n) is 29.0. The lowest BCUT2D eigenvalue weighted by atomic mass is 9.70. The summed E-state index contributed by atoms with van der Waals surface area (Å²) in [7, 11) is 4.47. The fraction of sp³-hybridized carbons (Fsp3) is 0.100. The molecule has 390 valence electrons. The van der Waals surface area contributed by atoms with Crippen LogP contribution in [0.2, 0.25) is 0 Å². The minimum absolute atomic E-state index is 0.291. The Bertz CT molecular complexity index is 4720. The van der Waals surface area contributed by atoms with Crippen molar-refractivity contribution in [3.63, 3.8) is 0 Å². The minimum Gasteiger partial charge on any atom is -0.344 e. The summed E-state index contributed by atoms with van der Waals surface area (Å²) in [5.74, 6) is 0. The third-order valence-electron chi connectivity index (χ3n) is 19.0. The summed E-state index contributed by atoms with van der Waals surface area (Å²) >= 11 is 0. The standard InChI is InChI=1S/C80H60N2/c1-79(2)69-41-11-13-43-71(69)81(5)73-45-21-39-63(77(73)79)57-33-19-37-61-67(57)48-68-58(64-40-22-46-74-78(64)80(3,4)70-42-12-14-44-72(70)82(74)6)34-20-38-62(68)76(61)75-59-35-17-31-55(53-29-15-25-49-23-7-9-27-51(49)53)65(59)47-66-56(32-18-36-60(66)75)54-30-16-26-50-24-8-10-28-52(50)54/h7-48H,1-6H3. The largest absolute Gasteiger partial charge is 0.344 e. The molecule has 0 aliphatic carbocycles. The van der Waals surface area contributed by atoms with E-state index in [-0.39, 0.29) is 10.8 Å². The molecule has 0 N–H and O–H groups in total. The second-order valence-electron chi connectivity index (χ2n) is 24.0. The topological polar surface area (TPSA) is 6.48 Å². The first-order valence-corrected chi connectivity index (χ1v) is 29.0. The van der Waals surface area contributed by atoms with Crippen LogP contribution in [0, 0.1) is 0 Å². The van der Waals surface area contributed by atoms with Crippen LogP contribution in [0.3, 0.4) is 0 Å². The Morgan fingerprint density at radius 2 is 0.488 bits per heavy atom. The van der Waals surface area contributed by atoms with Crippen LogP contribution < -0.4 is 9.80 Å². The van der Waals surface area contributed by atoms with Crippen LogP contribution in [-0.2, 0) is 10.8 Å². The number of anilines is 4. The van der Waals surface area contributed by atoms with Gasteiger partial charge in [-0.25, -0.2) is 0 Å². The van der Waals surface area contributed by atoms with Crippen LogP contribution >= 0.6 is 0 Å². The number of hydrogen-bond donors (Lipinski definition) is 0. The Morgan fingerprint density at radius 3 is 0.878 bits per heavy atom. The molecule has 2 heteroatoms. The van der Waals surface area contributed by atoms with Crippen LogP contribution in [0.25, 0.3) is 120 Å². The Hall–Kier alpha value is -9.76. The lowest BCUT2D eigenvalue weighted by Gasteiger charge is -2.42. The smallest absolute Gasteiger partial charge is 0.0455 e. The average molecular weight is 1050 g/mol. The highest BCUT2D eigenvalue weighted by Crippen LogP contribution is 2.57. The number of rotatable bonds is 5. The number of hydrogen-bond acceptors (Lipinski definition) is 2. The van der Waals surface area contributed by atoms with Gasteiger partial charge in [-0.05, 0) is 179 Å². The molecular formula is C80H60N2. The predicted octanol–water partition coefficient (Wildman–Crippen LogP) is 21.8. The molecule has 0 saturated heterocycles. The van der Waals surface area contributed by atoms with E-state index < -0.39 is 0 Å². The number of para-hydroxylation sites is 2. The van der Waals surface area contributed by atoms with Crippen molar-refractivity contribution < 1.29 is 0 Å². The molecule has 0 fully saturated rings. The van der Waals surface area contributed by atoms with Crippen LogP contribution in [0.5, 0.6) is 0 Å². The van der Waals surface area contributed by atoms with Crippen molar-refractivity contribution in [2.24, 2.45) is 0 Å². The summed E-state index contributed by atoms with van der Waals surface area (Å²) in [5, 5.41) is 14.8. The van der Waals surface area contributed by atoms with E-state index in [0.29, 0.717) is 0 Å². The summed E-state index contributed by atoms with van der Waals surface area (Å²) in [6, 6.07) is 96.6. The van der Waals surface area contributed by atoms with Crippen molar-refractivity contribution in [2.75, 3.05) is 23.9 Å². The molecule has 14 aromatic rings. The molecule has 14 aromatic carbocycles. The van der Waals surface area contributed by atoms with Crippen LogP contribution in [0.15, 0.2) is 255 Å². The maximum absolute atomic E-state index is 2.56. The van der Waals surface area contributed by atoms with Gasteiger partial charge < -0.3 is 9.80 Å². The molecule has 0 unspecified atom stereocenters. The average Bonchev–Trinajstić information content (AvgIpc) is 2.67. The maximum Gasteiger partial charge on any atom is 0.0455 e. The van der Waals surface area contributed by atoms with E-state index in [1.54, 1.807) is 0 Å². The molecule has 2 nitrogen and oxygen atoms in total. The third kappa shape index (κ3) is 6.82. The Kier molecular flexibility index (Phi) is 10.5. The summed E-state index contributed by atoms with van der Waals surface area (Å²) in [4.78, 5) is 4.81. The minimum atomic E-state index is -0.291. The van der Waals surface area contributed by atoms with E-state index in [9.17, 15) is 0 Å². The molecule has 2 aliphatic rings. The van der Waals surface area contributed by atoms with Crippen molar-refractivity contribution in [2.45, 2.75) is 38.5 Å². The zero-order valence-electron chi connectivity index (χ0n) is 47.1. The fourth-order valence-corrected chi connectivity index (χ4v) is 15.3. The molecule has 0 spiro atoms. The molecule has 0 atom stereocenters. The molecule has 2 aliphatic heterocycles. The van der Waals surface area contributed by atoms with E-state index >= 15 is 0 Å². The van der Waals surface area contributed by atoms with Gasteiger partial charge in [0.25, 0.3) is 0 Å². The molecular weight excluding hydrogens is 989 g/mol. The van der Waals surface area contributed by atoms with Gasteiger partial charge in [-0.15, -0.1) is 0 Å². The molecule has 0 amide bonds. The van der Waals surface area contributed by atoms with Gasteiger partial charge in [0.1, 0.15) is 0 Å². The maximum atomic E-state index is 2.56. The van der Waals surface area contributed by atoms with Gasteiger partial charge in [0.05, 0.1) is 0 Å². The van der Waals surface area contributed by atoms with Crippen LogP contribution in [0.1, 0.15) is 49.9 Å². The first kappa shape index (κ1) is 48.2. The van der Waals surface area contributed by atoms with E-state index in [1.807, 2.05) is 0 Å². The normalized spacial score (nSPS) is 14.1. The van der Waals surface area contributed by atoms with Crippen LogP contribution in [-0.4, -0.2) is 14.1 Å². The zero-order chi connectivity index (χ0) is 55.2. The highest BCUT2D eigenvalue weighted by molar-refractivity contribution is 6.29. The lowest BCUT2D eigenvalue weighted by molar-refractivity contribution is 0.631. The molecule has 2 heterocycles. The monoisotopic (exact) mass is 1050 g/mol. The zero-order valence-corrected chi connectivity index (χ0v) is 47.1. The van der Waals surface area contributed by atoms with Crippen molar-refractivity contribution in [1.29, 1.82) is 0 Å². The van der Waals surface area contributed by atoms with Crippen molar-refractivity contribution in [1.82, 2.24) is 0 Å². The number of fused-ring (bicyclic) bond motifs is 10. The van der Waals surface area contributed by atoms with Crippen LogP contribution in [0.4, 0.5) is 22.7 Å². The lowest BCUT2D eigenvalue weighted by Crippen LogP contribution is -2.31. The quantitative estimate of drug-likeness (QED) is 0.159. The van der Waals surface area contributed by atoms with Gasteiger partial charge in [0.15, 0.2) is 0 Å². The highest BCUT2D eigenvalue weighted by atomic mass is 15.1. The summed E-state index contributed by atoms with van der Waals surface area (Å²) in [6.07, 6.45) is 0. The second-order valence-corrected chi connectivity index (χ2v) is 24.0. The summed E-state index contributed by atoms with van der Waals surface area (Å²) in [5.41, 5.74) is 22.1. The number of nitrogens with zero attached hydrogens (tertiary/aromatic N) is 2. The highest BCUT2D eigenvalue weighted by Gasteiger charge is 2.39. The van der Waals surface area contributed by atoms with E-state index in [2.05, 4.69) is 306 Å². The van der Waals surface area contributed by atoms with Gasteiger partial charge in [0, 0.05) is 47.7 Å². The van der Waals surface area contributed by atoms with Crippen molar-refractivity contribution in [3.05, 3.63) is 277 Å². The predicted molar refractivity (Wildman–Crippen MR) is 352 cm³/mol. The Morgan fingerprint density at radius 1 is 0.232 bits per heavy atom. The second kappa shape index (κ2) is 17.9. The van der Waals surface area contributed by atoms with Crippen molar-refractivity contribution in [3.8, 4) is 55.6 Å². The van der Waals surface area contributed by atoms with Gasteiger partial charge in [-0.3, -0.25) is 0 Å². The van der Waals surface area contributed by atoms with Crippen molar-refractivity contribution >= 4 is 87.4 Å². The molecule has 0 radical (unpaired) electrons. The van der Waals surface area contributed by atoms with E-state index in [1.165, 1.54) is 165 Å². The van der Waals surface area contributed by atoms with Gasteiger partial charge in [-0.1, -0.05) is 246 Å². The first-order chi connectivity index (χ1) is 40.1. The van der Waals surface area contributed by atoms with E-state index in [4.69, 9.17) is 0 Å². The Balaban J connectivity index is 1.08. The molecule has 82 heavy (non-hydrogen) atoms.